The lowest BCUT2D eigenvalue weighted by Crippen LogP contribution is -2.27. The van der Waals surface area contributed by atoms with E-state index in [0.717, 1.165) is 18.9 Å². The topological polar surface area (TPSA) is 38.3 Å². The van der Waals surface area contributed by atoms with Crippen LogP contribution in [0.25, 0.3) is 0 Å². The number of amides is 1. The molecule has 1 amide bonds. The molecule has 1 saturated carbocycles. The first-order chi connectivity index (χ1) is 8.18. The first-order valence-corrected chi connectivity index (χ1v) is 7.09. The normalized spacial score (nSPS) is 16.4. The van der Waals surface area contributed by atoms with Crippen molar-refractivity contribution >= 4 is 6.09 Å². The summed E-state index contributed by atoms with van der Waals surface area (Å²) in [5.41, 5.74) is 0. The molecule has 1 aliphatic rings. The molecule has 0 aliphatic heterocycles. The van der Waals surface area contributed by atoms with Gasteiger partial charge < -0.3 is 10.1 Å². The zero-order chi connectivity index (χ0) is 12.5. The van der Waals surface area contributed by atoms with Gasteiger partial charge in [-0.25, -0.2) is 4.79 Å². The quantitative estimate of drug-likeness (QED) is 0.690. The lowest BCUT2D eigenvalue weighted by molar-refractivity contribution is 0.127. The molecule has 3 heteroatoms. The summed E-state index contributed by atoms with van der Waals surface area (Å²) in [6.07, 6.45) is 8.27. The number of alkyl carbamates (subject to hydrolysis) is 1. The van der Waals surface area contributed by atoms with E-state index < -0.39 is 0 Å². The number of nitrogens with one attached hydrogen (secondary N) is 1. The summed E-state index contributed by atoms with van der Waals surface area (Å²) < 4.78 is 5.20. The standard InChI is InChI=1S/C14H27NO2/c1-12(2)7-5-6-10-15-14(16)17-11-13-8-3-4-9-13/h12-13H,3-11H2,1-2H3,(H,15,16). The Morgan fingerprint density at radius 1 is 1.29 bits per heavy atom. The van der Waals surface area contributed by atoms with E-state index in [4.69, 9.17) is 4.74 Å². The summed E-state index contributed by atoms with van der Waals surface area (Å²) in [4.78, 5) is 11.4. The van der Waals surface area contributed by atoms with Gasteiger partial charge >= 0.3 is 6.09 Å². The van der Waals surface area contributed by atoms with Crippen LogP contribution in [0.5, 0.6) is 0 Å². The summed E-state index contributed by atoms with van der Waals surface area (Å²) >= 11 is 0. The second-order valence-electron chi connectivity index (χ2n) is 5.57. The van der Waals surface area contributed by atoms with E-state index in [1.165, 1.54) is 38.5 Å². The van der Waals surface area contributed by atoms with Crippen LogP contribution in [-0.2, 0) is 4.74 Å². The molecule has 0 atom stereocenters. The Kier molecular flexibility index (Phi) is 7.06. The van der Waals surface area contributed by atoms with Gasteiger partial charge in [0.05, 0.1) is 6.61 Å². The van der Waals surface area contributed by atoms with Gasteiger partial charge in [-0.05, 0) is 31.1 Å². The highest BCUT2D eigenvalue weighted by Gasteiger charge is 2.16. The largest absolute Gasteiger partial charge is 0.449 e. The van der Waals surface area contributed by atoms with E-state index in [9.17, 15) is 4.79 Å². The Hall–Kier alpha value is -0.730. The molecule has 0 radical (unpaired) electrons. The van der Waals surface area contributed by atoms with Crippen molar-refractivity contribution in [2.45, 2.75) is 58.8 Å². The highest BCUT2D eigenvalue weighted by atomic mass is 16.5. The summed E-state index contributed by atoms with van der Waals surface area (Å²) in [6, 6.07) is 0. The second kappa shape index (κ2) is 8.37. The zero-order valence-corrected chi connectivity index (χ0v) is 11.3. The van der Waals surface area contributed by atoms with Gasteiger partial charge in [-0.15, -0.1) is 0 Å². The van der Waals surface area contributed by atoms with Gasteiger partial charge in [0.15, 0.2) is 0 Å². The maximum absolute atomic E-state index is 11.4. The van der Waals surface area contributed by atoms with Crippen LogP contribution in [0.3, 0.4) is 0 Å². The van der Waals surface area contributed by atoms with Gasteiger partial charge in [-0.2, -0.15) is 0 Å². The van der Waals surface area contributed by atoms with Crippen LogP contribution >= 0.6 is 0 Å². The summed E-state index contributed by atoms with van der Waals surface area (Å²) in [7, 11) is 0. The van der Waals surface area contributed by atoms with Crippen LogP contribution in [-0.4, -0.2) is 19.2 Å². The number of hydrogen-bond acceptors (Lipinski definition) is 2. The summed E-state index contributed by atoms with van der Waals surface area (Å²) in [6.45, 7) is 5.81. The number of carbonyl (C=O) groups excluding carboxylic acids is 1. The molecule has 0 aromatic carbocycles. The van der Waals surface area contributed by atoms with Crippen LogP contribution in [0.2, 0.25) is 0 Å². The smallest absolute Gasteiger partial charge is 0.407 e. The summed E-state index contributed by atoms with van der Waals surface area (Å²) in [5.74, 6) is 1.37. The highest BCUT2D eigenvalue weighted by Crippen LogP contribution is 2.24. The van der Waals surface area contributed by atoms with Crippen LogP contribution in [0.4, 0.5) is 4.79 Å². The van der Waals surface area contributed by atoms with E-state index in [2.05, 4.69) is 19.2 Å². The van der Waals surface area contributed by atoms with Crippen molar-refractivity contribution in [1.82, 2.24) is 5.32 Å². The van der Waals surface area contributed by atoms with Crippen molar-refractivity contribution in [2.75, 3.05) is 13.2 Å². The predicted octanol–water partition coefficient (Wildman–Crippen LogP) is 3.73. The first-order valence-electron chi connectivity index (χ1n) is 7.09. The fraction of sp³-hybridized carbons (Fsp3) is 0.929. The molecular weight excluding hydrogens is 214 g/mol. The molecule has 0 saturated heterocycles. The molecule has 1 aliphatic carbocycles. The average Bonchev–Trinajstić information content (AvgIpc) is 2.78. The monoisotopic (exact) mass is 241 g/mol. The minimum absolute atomic E-state index is 0.235. The van der Waals surface area contributed by atoms with Gasteiger partial charge in [0.2, 0.25) is 0 Å². The van der Waals surface area contributed by atoms with E-state index in [-0.39, 0.29) is 6.09 Å². The van der Waals surface area contributed by atoms with Gasteiger partial charge in [-0.3, -0.25) is 0 Å². The van der Waals surface area contributed by atoms with Crippen LogP contribution in [0.15, 0.2) is 0 Å². The number of rotatable bonds is 7. The Morgan fingerprint density at radius 3 is 2.65 bits per heavy atom. The van der Waals surface area contributed by atoms with E-state index in [0.29, 0.717) is 12.5 Å². The lowest BCUT2D eigenvalue weighted by Gasteiger charge is -2.11. The maximum atomic E-state index is 11.4. The van der Waals surface area contributed by atoms with Crippen LogP contribution in [0.1, 0.15) is 58.8 Å². The molecule has 0 unspecified atom stereocenters. The van der Waals surface area contributed by atoms with Crippen LogP contribution < -0.4 is 5.32 Å². The fourth-order valence-electron chi connectivity index (χ4n) is 2.29. The van der Waals surface area contributed by atoms with Crippen molar-refractivity contribution in [2.24, 2.45) is 11.8 Å². The number of hydrogen-bond donors (Lipinski definition) is 1. The number of ether oxygens (including phenoxy) is 1. The van der Waals surface area contributed by atoms with Gasteiger partial charge in [-0.1, -0.05) is 39.5 Å². The van der Waals surface area contributed by atoms with Crippen molar-refractivity contribution in [3.63, 3.8) is 0 Å². The number of unbranched alkanes of at least 4 members (excludes halogenated alkanes) is 1. The predicted molar refractivity (Wildman–Crippen MR) is 70.0 cm³/mol. The highest BCUT2D eigenvalue weighted by molar-refractivity contribution is 5.66. The average molecular weight is 241 g/mol. The molecule has 17 heavy (non-hydrogen) atoms. The second-order valence-corrected chi connectivity index (χ2v) is 5.57. The van der Waals surface area contributed by atoms with Crippen molar-refractivity contribution in [1.29, 1.82) is 0 Å². The molecule has 0 bridgehead atoms. The molecular formula is C14H27NO2. The lowest BCUT2D eigenvalue weighted by atomic mass is 10.1. The fourth-order valence-corrected chi connectivity index (χ4v) is 2.29. The molecule has 0 aromatic heterocycles. The van der Waals surface area contributed by atoms with E-state index in [1.807, 2.05) is 0 Å². The van der Waals surface area contributed by atoms with Gasteiger partial charge in [0.1, 0.15) is 0 Å². The van der Waals surface area contributed by atoms with Crippen LogP contribution in [0, 0.1) is 11.8 Å². The SMILES string of the molecule is CC(C)CCCCNC(=O)OCC1CCCC1. The van der Waals surface area contributed by atoms with E-state index in [1.54, 1.807) is 0 Å². The first kappa shape index (κ1) is 14.3. The minimum Gasteiger partial charge on any atom is -0.449 e. The third-order valence-electron chi connectivity index (χ3n) is 3.40. The Morgan fingerprint density at radius 2 is 2.00 bits per heavy atom. The zero-order valence-electron chi connectivity index (χ0n) is 11.3. The van der Waals surface area contributed by atoms with Crippen molar-refractivity contribution < 1.29 is 9.53 Å². The molecule has 1 fully saturated rings. The third kappa shape index (κ3) is 7.24. The summed E-state index contributed by atoms with van der Waals surface area (Å²) in [5, 5.41) is 2.82. The number of carbonyl (C=O) groups is 1. The molecule has 0 spiro atoms. The van der Waals surface area contributed by atoms with Gasteiger partial charge in [0, 0.05) is 6.54 Å². The van der Waals surface area contributed by atoms with E-state index >= 15 is 0 Å². The van der Waals surface area contributed by atoms with Crippen molar-refractivity contribution in [3.8, 4) is 0 Å². The Labute approximate surface area is 105 Å². The Bertz CT molecular complexity index is 210. The third-order valence-corrected chi connectivity index (χ3v) is 3.40. The van der Waals surface area contributed by atoms with Crippen molar-refractivity contribution in [3.05, 3.63) is 0 Å². The Balaban J connectivity index is 1.90. The molecule has 0 heterocycles. The molecule has 100 valence electrons. The molecule has 1 rings (SSSR count). The molecule has 3 nitrogen and oxygen atoms in total. The minimum atomic E-state index is -0.235. The molecule has 1 N–H and O–H groups in total. The van der Waals surface area contributed by atoms with Gasteiger partial charge in [0.25, 0.3) is 0 Å². The molecule has 0 aromatic rings. The maximum Gasteiger partial charge on any atom is 0.407 e.